The molecule has 0 radical (unpaired) electrons. The van der Waals surface area contributed by atoms with E-state index in [1.165, 1.54) is 0 Å². The van der Waals surface area contributed by atoms with Gasteiger partial charge in [-0.15, -0.1) is 0 Å². The van der Waals surface area contributed by atoms with Crippen LogP contribution in [0.5, 0.6) is 0 Å². The van der Waals surface area contributed by atoms with Crippen LogP contribution in [0.1, 0.15) is 33.1 Å². The molecule has 0 bridgehead atoms. The normalized spacial score (nSPS) is 26.9. The van der Waals surface area contributed by atoms with Crippen molar-refractivity contribution in [1.82, 2.24) is 10.2 Å². The van der Waals surface area contributed by atoms with Gasteiger partial charge in [-0.2, -0.15) is 0 Å². The van der Waals surface area contributed by atoms with E-state index in [1.807, 2.05) is 13.8 Å². The summed E-state index contributed by atoms with van der Waals surface area (Å²) in [5.74, 6) is -0.466. The van der Waals surface area contributed by atoms with Gasteiger partial charge >= 0.3 is 0 Å². The van der Waals surface area contributed by atoms with Crippen LogP contribution >= 0.6 is 0 Å². The number of rotatable bonds is 7. The minimum absolute atomic E-state index is 0.0274. The van der Waals surface area contributed by atoms with Gasteiger partial charge in [0.15, 0.2) is 9.84 Å². The van der Waals surface area contributed by atoms with E-state index in [1.54, 1.807) is 4.90 Å². The lowest BCUT2D eigenvalue weighted by atomic mass is 10.1. The van der Waals surface area contributed by atoms with Crippen molar-refractivity contribution in [3.8, 4) is 0 Å². The molecular weight excluding hydrogens is 320 g/mol. The van der Waals surface area contributed by atoms with Crippen molar-refractivity contribution in [3.05, 3.63) is 0 Å². The van der Waals surface area contributed by atoms with Gasteiger partial charge in [-0.3, -0.25) is 9.59 Å². The molecule has 7 nitrogen and oxygen atoms in total. The number of carbonyl (C=O) groups is 2. The fourth-order valence-electron chi connectivity index (χ4n) is 3.03. The van der Waals surface area contributed by atoms with Crippen LogP contribution in [0, 0.1) is 5.92 Å². The molecule has 2 rings (SSSR count). The summed E-state index contributed by atoms with van der Waals surface area (Å²) in [6, 6.07) is -0.259. The molecule has 0 aromatic heterocycles. The molecule has 0 aromatic rings. The second kappa shape index (κ2) is 7.61. The maximum Gasteiger partial charge on any atom is 0.225 e. The van der Waals surface area contributed by atoms with Crippen LogP contribution in [0.2, 0.25) is 0 Å². The zero-order valence-corrected chi connectivity index (χ0v) is 14.6. The van der Waals surface area contributed by atoms with Crippen molar-refractivity contribution in [2.45, 2.75) is 45.3 Å². The van der Waals surface area contributed by atoms with Crippen LogP contribution in [0.15, 0.2) is 0 Å². The lowest BCUT2D eigenvalue weighted by Crippen LogP contribution is -2.39. The monoisotopic (exact) mass is 346 g/mol. The number of ether oxygens (including phenoxy) is 1. The summed E-state index contributed by atoms with van der Waals surface area (Å²) in [6.45, 7) is 5.36. The minimum atomic E-state index is -3.03. The van der Waals surface area contributed by atoms with Gasteiger partial charge in [0.05, 0.1) is 23.5 Å². The molecule has 132 valence electrons. The second-order valence-electron chi connectivity index (χ2n) is 6.57. The fraction of sp³-hybridized carbons (Fsp3) is 0.867. The summed E-state index contributed by atoms with van der Waals surface area (Å²) in [6.07, 6.45) is 1.56. The zero-order valence-electron chi connectivity index (χ0n) is 13.8. The molecule has 23 heavy (non-hydrogen) atoms. The Balaban J connectivity index is 1.75. The molecule has 0 aromatic carbocycles. The molecule has 0 aliphatic carbocycles. The van der Waals surface area contributed by atoms with Crippen LogP contribution in [0.4, 0.5) is 0 Å². The molecule has 2 aliphatic heterocycles. The van der Waals surface area contributed by atoms with Gasteiger partial charge in [-0.05, 0) is 26.7 Å². The highest BCUT2D eigenvalue weighted by molar-refractivity contribution is 7.91. The third kappa shape index (κ3) is 5.17. The number of hydrogen-bond donors (Lipinski definition) is 1. The third-order valence-electron chi connectivity index (χ3n) is 4.25. The lowest BCUT2D eigenvalue weighted by molar-refractivity contribution is -0.130. The van der Waals surface area contributed by atoms with Gasteiger partial charge < -0.3 is 15.0 Å². The van der Waals surface area contributed by atoms with Crippen molar-refractivity contribution in [2.24, 2.45) is 5.92 Å². The van der Waals surface area contributed by atoms with E-state index < -0.39 is 9.84 Å². The molecule has 1 N–H and O–H groups in total. The first-order chi connectivity index (χ1) is 10.8. The Morgan fingerprint density at radius 2 is 2.17 bits per heavy atom. The number of nitrogens with one attached hydrogen (secondary N) is 1. The summed E-state index contributed by atoms with van der Waals surface area (Å²) in [5, 5.41) is 2.83. The fourth-order valence-corrected chi connectivity index (χ4v) is 4.76. The first-order valence-electron chi connectivity index (χ1n) is 8.17. The van der Waals surface area contributed by atoms with Crippen LogP contribution in [-0.2, 0) is 24.2 Å². The molecule has 0 saturated carbocycles. The van der Waals surface area contributed by atoms with Gasteiger partial charge in [-0.1, -0.05) is 0 Å². The molecular formula is C15H26N2O5S. The minimum Gasteiger partial charge on any atom is -0.379 e. The average Bonchev–Trinajstić information content (AvgIpc) is 3.00. The zero-order chi connectivity index (χ0) is 17.0. The van der Waals surface area contributed by atoms with E-state index in [0.717, 1.165) is 6.42 Å². The number of carbonyl (C=O) groups excluding carboxylic acids is 2. The quantitative estimate of drug-likeness (QED) is 0.653. The molecule has 2 amide bonds. The van der Waals surface area contributed by atoms with Crippen molar-refractivity contribution in [3.63, 3.8) is 0 Å². The number of nitrogens with zero attached hydrogens (tertiary/aromatic N) is 1. The summed E-state index contributed by atoms with van der Waals surface area (Å²) in [5.41, 5.74) is 0. The summed E-state index contributed by atoms with van der Waals surface area (Å²) in [4.78, 5) is 25.8. The first kappa shape index (κ1) is 18.2. The molecule has 8 heteroatoms. The molecule has 2 atom stereocenters. The Labute approximate surface area is 137 Å². The highest BCUT2D eigenvalue weighted by Gasteiger charge is 2.41. The SMILES string of the molecule is CC(C)OCCCNC(=O)[C@@H]1CC(=O)N([C@@H]2CCS(=O)(=O)C2)C1. The average molecular weight is 346 g/mol. The van der Waals surface area contributed by atoms with Gasteiger partial charge in [-0.25, -0.2) is 8.42 Å². The molecule has 2 heterocycles. The lowest BCUT2D eigenvalue weighted by Gasteiger charge is -2.22. The smallest absolute Gasteiger partial charge is 0.225 e. The van der Waals surface area contributed by atoms with Crippen LogP contribution in [0.25, 0.3) is 0 Å². The highest BCUT2D eigenvalue weighted by Crippen LogP contribution is 2.26. The van der Waals surface area contributed by atoms with Crippen LogP contribution in [-0.4, -0.2) is 68.5 Å². The Kier molecular flexibility index (Phi) is 6.02. The predicted molar refractivity (Wildman–Crippen MR) is 85.6 cm³/mol. The number of likely N-dealkylation sites (tertiary alicyclic amines) is 1. The maximum atomic E-state index is 12.1. The van der Waals surface area contributed by atoms with Crippen molar-refractivity contribution >= 4 is 21.7 Å². The Morgan fingerprint density at radius 3 is 2.78 bits per heavy atom. The topological polar surface area (TPSA) is 92.8 Å². The summed E-state index contributed by atoms with van der Waals surface area (Å²) >= 11 is 0. The maximum absolute atomic E-state index is 12.1. The van der Waals surface area contributed by atoms with E-state index >= 15 is 0 Å². The largest absolute Gasteiger partial charge is 0.379 e. The molecule has 2 fully saturated rings. The van der Waals surface area contributed by atoms with E-state index in [4.69, 9.17) is 4.74 Å². The van der Waals surface area contributed by atoms with E-state index in [2.05, 4.69) is 5.32 Å². The van der Waals surface area contributed by atoms with Crippen molar-refractivity contribution in [1.29, 1.82) is 0 Å². The molecule has 0 spiro atoms. The summed E-state index contributed by atoms with van der Waals surface area (Å²) < 4.78 is 28.5. The Morgan fingerprint density at radius 1 is 1.43 bits per heavy atom. The van der Waals surface area contributed by atoms with Crippen LogP contribution in [0.3, 0.4) is 0 Å². The van der Waals surface area contributed by atoms with Gasteiger partial charge in [0.2, 0.25) is 11.8 Å². The van der Waals surface area contributed by atoms with E-state index in [9.17, 15) is 18.0 Å². The predicted octanol–water partition coefficient (Wildman–Crippen LogP) is -0.0467. The van der Waals surface area contributed by atoms with Crippen LogP contribution < -0.4 is 5.32 Å². The van der Waals surface area contributed by atoms with Gasteiger partial charge in [0, 0.05) is 32.2 Å². The van der Waals surface area contributed by atoms with Gasteiger partial charge in [0.25, 0.3) is 0 Å². The summed E-state index contributed by atoms with van der Waals surface area (Å²) in [7, 11) is -3.03. The number of sulfone groups is 1. The van der Waals surface area contributed by atoms with E-state index in [0.29, 0.717) is 26.1 Å². The second-order valence-corrected chi connectivity index (χ2v) is 8.80. The number of hydrogen-bond acceptors (Lipinski definition) is 5. The number of amides is 2. The Bertz CT molecular complexity index is 546. The van der Waals surface area contributed by atoms with Crippen molar-refractivity contribution in [2.75, 3.05) is 31.2 Å². The highest BCUT2D eigenvalue weighted by atomic mass is 32.2. The molecule has 2 saturated heterocycles. The Hall–Kier alpha value is -1.15. The third-order valence-corrected chi connectivity index (χ3v) is 6.00. The van der Waals surface area contributed by atoms with Crippen molar-refractivity contribution < 1.29 is 22.7 Å². The molecule has 2 aliphatic rings. The van der Waals surface area contributed by atoms with Gasteiger partial charge in [0.1, 0.15) is 0 Å². The standard InChI is InChI=1S/C15H26N2O5S/c1-11(2)22-6-3-5-16-15(19)12-8-14(18)17(9-12)13-4-7-23(20,21)10-13/h11-13H,3-10H2,1-2H3,(H,16,19)/t12-,13-/m1/s1. The molecule has 0 unspecified atom stereocenters. The first-order valence-corrected chi connectivity index (χ1v) is 10.00. The van der Waals surface area contributed by atoms with E-state index in [-0.39, 0.29) is 47.8 Å².